The molecule has 0 aromatic carbocycles. The van der Waals surface area contributed by atoms with Crippen LogP contribution in [0, 0.1) is 5.92 Å². The molecule has 1 N–H and O–H groups in total. The molecule has 2 atom stereocenters. The van der Waals surface area contributed by atoms with Crippen LogP contribution in [0.3, 0.4) is 0 Å². The van der Waals surface area contributed by atoms with E-state index in [0.717, 1.165) is 12.5 Å². The van der Waals surface area contributed by atoms with Gasteiger partial charge in [-0.05, 0) is 52.7 Å². The van der Waals surface area contributed by atoms with Gasteiger partial charge in [0.15, 0.2) is 0 Å². The Bertz CT molecular complexity index is 216. The van der Waals surface area contributed by atoms with Gasteiger partial charge in [0.25, 0.3) is 0 Å². The van der Waals surface area contributed by atoms with Crippen molar-refractivity contribution in [2.45, 2.75) is 52.1 Å². The van der Waals surface area contributed by atoms with Crippen LogP contribution in [-0.4, -0.2) is 62.2 Å². The molecule has 0 spiro atoms. The summed E-state index contributed by atoms with van der Waals surface area (Å²) in [5, 5.41) is 3.68. The van der Waals surface area contributed by atoms with Gasteiger partial charge in [0, 0.05) is 31.7 Å². The fraction of sp³-hybridized carbons (Fsp3) is 1.00. The van der Waals surface area contributed by atoms with Gasteiger partial charge in [0.1, 0.15) is 0 Å². The Morgan fingerprint density at radius 2 is 2.00 bits per heavy atom. The van der Waals surface area contributed by atoms with Crippen LogP contribution in [0.1, 0.15) is 40.0 Å². The lowest BCUT2D eigenvalue weighted by Gasteiger charge is -2.29. The number of rotatable bonds is 8. The van der Waals surface area contributed by atoms with Gasteiger partial charge in [-0.15, -0.1) is 0 Å². The van der Waals surface area contributed by atoms with E-state index in [1.807, 2.05) is 0 Å². The Hall–Kier alpha value is -0.120. The minimum absolute atomic E-state index is 0.636. The van der Waals surface area contributed by atoms with Crippen molar-refractivity contribution in [3.63, 3.8) is 0 Å². The van der Waals surface area contributed by atoms with Crippen molar-refractivity contribution in [1.82, 2.24) is 15.1 Å². The minimum Gasteiger partial charge on any atom is -0.312 e. The normalized spacial score (nSPS) is 23.2. The van der Waals surface area contributed by atoms with E-state index < -0.39 is 0 Å². The second-order valence-electron chi connectivity index (χ2n) is 6.13. The molecule has 1 aliphatic rings. The zero-order valence-corrected chi connectivity index (χ0v) is 13.1. The van der Waals surface area contributed by atoms with Crippen molar-refractivity contribution in [3.05, 3.63) is 0 Å². The zero-order chi connectivity index (χ0) is 13.5. The number of likely N-dealkylation sites (N-methyl/N-ethyl adjacent to an activating group) is 1. The summed E-state index contributed by atoms with van der Waals surface area (Å²) in [7, 11) is 4.51. The van der Waals surface area contributed by atoms with Crippen molar-refractivity contribution in [2.75, 3.05) is 40.3 Å². The lowest BCUT2D eigenvalue weighted by molar-refractivity contribution is 0.209. The SMILES string of the molecule is CCC(CC)NCC(C)N(C)CC1CCN(C)C1. The number of likely N-dealkylation sites (tertiary alicyclic amines) is 1. The molecule has 2 unspecified atom stereocenters. The van der Waals surface area contributed by atoms with Crippen LogP contribution in [0.25, 0.3) is 0 Å². The number of nitrogens with zero attached hydrogens (tertiary/aromatic N) is 2. The summed E-state index contributed by atoms with van der Waals surface area (Å²) in [5.41, 5.74) is 0. The van der Waals surface area contributed by atoms with Crippen LogP contribution < -0.4 is 5.32 Å². The van der Waals surface area contributed by atoms with Crippen LogP contribution in [0.5, 0.6) is 0 Å². The van der Waals surface area contributed by atoms with Crippen molar-refractivity contribution in [2.24, 2.45) is 5.92 Å². The molecule has 0 radical (unpaired) electrons. The monoisotopic (exact) mass is 255 g/mol. The van der Waals surface area contributed by atoms with Gasteiger partial charge < -0.3 is 15.1 Å². The van der Waals surface area contributed by atoms with E-state index in [1.165, 1.54) is 38.9 Å². The second kappa shape index (κ2) is 8.13. The Morgan fingerprint density at radius 1 is 1.33 bits per heavy atom. The van der Waals surface area contributed by atoms with Crippen LogP contribution >= 0.6 is 0 Å². The molecular formula is C15H33N3. The molecule has 0 bridgehead atoms. The highest BCUT2D eigenvalue weighted by Gasteiger charge is 2.22. The fourth-order valence-electron chi connectivity index (χ4n) is 2.83. The molecule has 3 heteroatoms. The van der Waals surface area contributed by atoms with E-state index in [9.17, 15) is 0 Å². The maximum Gasteiger partial charge on any atom is 0.0189 e. The van der Waals surface area contributed by atoms with Gasteiger partial charge in [0.2, 0.25) is 0 Å². The first-order valence-corrected chi connectivity index (χ1v) is 7.68. The number of hydrogen-bond acceptors (Lipinski definition) is 3. The predicted molar refractivity (Wildman–Crippen MR) is 80.1 cm³/mol. The standard InChI is InChI=1S/C15H33N3/c1-6-15(7-2)16-10-13(3)18(5)12-14-8-9-17(4)11-14/h13-16H,6-12H2,1-5H3. The Balaban J connectivity index is 2.21. The molecule has 0 saturated carbocycles. The lowest BCUT2D eigenvalue weighted by Crippen LogP contribution is -2.43. The van der Waals surface area contributed by atoms with E-state index in [-0.39, 0.29) is 0 Å². The van der Waals surface area contributed by atoms with Gasteiger partial charge in [-0.1, -0.05) is 13.8 Å². The van der Waals surface area contributed by atoms with Crippen molar-refractivity contribution in [1.29, 1.82) is 0 Å². The zero-order valence-electron chi connectivity index (χ0n) is 13.1. The number of hydrogen-bond donors (Lipinski definition) is 1. The molecule has 108 valence electrons. The van der Waals surface area contributed by atoms with Gasteiger partial charge in [-0.3, -0.25) is 0 Å². The van der Waals surface area contributed by atoms with Gasteiger partial charge >= 0.3 is 0 Å². The van der Waals surface area contributed by atoms with E-state index in [1.54, 1.807) is 0 Å². The molecular weight excluding hydrogens is 222 g/mol. The summed E-state index contributed by atoms with van der Waals surface area (Å²) in [5.74, 6) is 0.871. The molecule has 1 heterocycles. The van der Waals surface area contributed by atoms with Gasteiger partial charge in [0.05, 0.1) is 0 Å². The predicted octanol–water partition coefficient (Wildman–Crippen LogP) is 2.04. The van der Waals surface area contributed by atoms with E-state index in [4.69, 9.17) is 0 Å². The smallest absolute Gasteiger partial charge is 0.0189 e. The lowest BCUT2D eigenvalue weighted by atomic mass is 10.1. The summed E-state index contributed by atoms with van der Waals surface area (Å²) in [6.07, 6.45) is 3.84. The number of nitrogens with one attached hydrogen (secondary N) is 1. The second-order valence-corrected chi connectivity index (χ2v) is 6.13. The molecule has 1 saturated heterocycles. The molecule has 0 aromatic heterocycles. The third-order valence-corrected chi connectivity index (χ3v) is 4.48. The maximum absolute atomic E-state index is 3.68. The van der Waals surface area contributed by atoms with Crippen molar-refractivity contribution in [3.8, 4) is 0 Å². The van der Waals surface area contributed by atoms with Crippen LogP contribution in [0.2, 0.25) is 0 Å². The van der Waals surface area contributed by atoms with Crippen LogP contribution in [0.4, 0.5) is 0 Å². The van der Waals surface area contributed by atoms with E-state index in [0.29, 0.717) is 12.1 Å². The molecule has 1 fully saturated rings. The summed E-state index contributed by atoms with van der Waals surface area (Å²) in [4.78, 5) is 4.98. The fourth-order valence-corrected chi connectivity index (χ4v) is 2.83. The highest BCUT2D eigenvalue weighted by molar-refractivity contribution is 4.78. The first kappa shape index (κ1) is 15.9. The average molecular weight is 255 g/mol. The molecule has 0 aliphatic carbocycles. The highest BCUT2D eigenvalue weighted by Crippen LogP contribution is 2.16. The first-order chi connectivity index (χ1) is 8.56. The average Bonchev–Trinajstić information content (AvgIpc) is 2.75. The third kappa shape index (κ3) is 5.25. The Labute approximate surface area is 114 Å². The quantitative estimate of drug-likeness (QED) is 0.716. The minimum atomic E-state index is 0.636. The Morgan fingerprint density at radius 3 is 2.50 bits per heavy atom. The third-order valence-electron chi connectivity index (χ3n) is 4.48. The van der Waals surface area contributed by atoms with Crippen LogP contribution in [0.15, 0.2) is 0 Å². The van der Waals surface area contributed by atoms with Crippen molar-refractivity contribution >= 4 is 0 Å². The topological polar surface area (TPSA) is 18.5 Å². The molecule has 1 rings (SSSR count). The maximum atomic E-state index is 3.68. The summed E-state index contributed by atoms with van der Waals surface area (Å²) in [6, 6.07) is 1.33. The molecule has 0 amide bonds. The molecule has 3 nitrogen and oxygen atoms in total. The van der Waals surface area contributed by atoms with Gasteiger partial charge in [-0.25, -0.2) is 0 Å². The highest BCUT2D eigenvalue weighted by atomic mass is 15.2. The summed E-state index contributed by atoms with van der Waals surface area (Å²) >= 11 is 0. The van der Waals surface area contributed by atoms with E-state index in [2.05, 4.69) is 50.0 Å². The van der Waals surface area contributed by atoms with E-state index >= 15 is 0 Å². The summed E-state index contributed by atoms with van der Waals surface area (Å²) in [6.45, 7) is 11.8. The molecule has 0 aromatic rings. The first-order valence-electron chi connectivity index (χ1n) is 7.68. The van der Waals surface area contributed by atoms with Gasteiger partial charge in [-0.2, -0.15) is 0 Å². The molecule has 1 aliphatic heterocycles. The van der Waals surface area contributed by atoms with Crippen LogP contribution in [-0.2, 0) is 0 Å². The Kier molecular flexibility index (Phi) is 7.20. The van der Waals surface area contributed by atoms with Crippen molar-refractivity contribution < 1.29 is 0 Å². The summed E-state index contributed by atoms with van der Waals surface area (Å²) < 4.78 is 0. The largest absolute Gasteiger partial charge is 0.312 e. The molecule has 18 heavy (non-hydrogen) atoms.